The van der Waals surface area contributed by atoms with Crippen molar-refractivity contribution in [3.63, 3.8) is 0 Å². The molecule has 1 atom stereocenters. The van der Waals surface area contributed by atoms with Gasteiger partial charge in [0.2, 0.25) is 15.9 Å². The Morgan fingerprint density at radius 2 is 1.76 bits per heavy atom. The van der Waals surface area contributed by atoms with Gasteiger partial charge in [0.1, 0.15) is 10.7 Å². The van der Waals surface area contributed by atoms with Crippen molar-refractivity contribution in [1.82, 2.24) is 14.2 Å². The van der Waals surface area contributed by atoms with E-state index in [2.05, 4.69) is 4.98 Å². The summed E-state index contributed by atoms with van der Waals surface area (Å²) in [6.45, 7) is 3.21. The SMILES string of the molecule is Cc1cnc2c(S(=O)(=O)N3CCC(C(=O)N4CCC[C@@H]4c4ccc(F)cc4)CC3)cccc2c1. The molecule has 3 heterocycles. The normalized spacial score (nSPS) is 20.2. The number of carbonyl (C=O) groups is 1. The van der Waals surface area contributed by atoms with Crippen LogP contribution in [0.25, 0.3) is 10.9 Å². The molecule has 8 heteroatoms. The molecule has 0 N–H and O–H groups in total. The highest BCUT2D eigenvalue weighted by atomic mass is 32.2. The molecule has 2 fully saturated rings. The highest BCUT2D eigenvalue weighted by Crippen LogP contribution is 2.35. The van der Waals surface area contributed by atoms with E-state index in [4.69, 9.17) is 0 Å². The third-order valence-corrected chi connectivity index (χ3v) is 8.95. The van der Waals surface area contributed by atoms with E-state index in [0.29, 0.717) is 38.0 Å². The summed E-state index contributed by atoms with van der Waals surface area (Å²) >= 11 is 0. The first kappa shape index (κ1) is 22.9. The third kappa shape index (κ3) is 4.20. The summed E-state index contributed by atoms with van der Waals surface area (Å²) in [5.74, 6) is -0.420. The Morgan fingerprint density at radius 1 is 1.03 bits per heavy atom. The Hall–Kier alpha value is -2.84. The average Bonchev–Trinajstić information content (AvgIpc) is 3.33. The molecule has 3 aromatic rings. The lowest BCUT2D eigenvalue weighted by molar-refractivity contribution is -0.137. The van der Waals surface area contributed by atoms with Crippen molar-refractivity contribution in [2.45, 2.75) is 43.5 Å². The molecule has 2 aliphatic heterocycles. The van der Waals surface area contributed by atoms with Crippen LogP contribution in [-0.4, -0.2) is 48.1 Å². The number of aromatic nitrogens is 1. The van der Waals surface area contributed by atoms with Gasteiger partial charge in [-0.15, -0.1) is 0 Å². The summed E-state index contributed by atoms with van der Waals surface area (Å²) < 4.78 is 41.7. The molecule has 6 nitrogen and oxygen atoms in total. The number of para-hydroxylation sites is 1. The molecular formula is C26H28FN3O3S. The minimum atomic E-state index is -3.72. The van der Waals surface area contributed by atoms with E-state index in [9.17, 15) is 17.6 Å². The van der Waals surface area contributed by atoms with Crippen molar-refractivity contribution in [3.8, 4) is 0 Å². The number of hydrogen-bond acceptors (Lipinski definition) is 4. The van der Waals surface area contributed by atoms with E-state index in [0.717, 1.165) is 29.4 Å². The molecule has 0 aliphatic carbocycles. The van der Waals surface area contributed by atoms with E-state index >= 15 is 0 Å². The van der Waals surface area contributed by atoms with Crippen LogP contribution in [-0.2, 0) is 14.8 Å². The summed E-state index contributed by atoms with van der Waals surface area (Å²) in [4.78, 5) is 19.9. The molecule has 5 rings (SSSR count). The second kappa shape index (κ2) is 9.07. The summed E-state index contributed by atoms with van der Waals surface area (Å²) in [5, 5.41) is 0.798. The largest absolute Gasteiger partial charge is 0.335 e. The number of fused-ring (bicyclic) bond motifs is 1. The quantitative estimate of drug-likeness (QED) is 0.552. The van der Waals surface area contributed by atoms with Gasteiger partial charge in [0, 0.05) is 37.1 Å². The zero-order chi connectivity index (χ0) is 23.9. The Labute approximate surface area is 199 Å². The number of pyridine rings is 1. The maximum absolute atomic E-state index is 13.4. The summed E-state index contributed by atoms with van der Waals surface area (Å²) in [7, 11) is -3.72. The van der Waals surface area contributed by atoms with Gasteiger partial charge in [-0.3, -0.25) is 9.78 Å². The Kier molecular flexibility index (Phi) is 6.12. The van der Waals surface area contributed by atoms with Crippen molar-refractivity contribution in [2.75, 3.05) is 19.6 Å². The second-order valence-electron chi connectivity index (χ2n) is 9.26. The molecule has 0 saturated carbocycles. The minimum absolute atomic E-state index is 0.0416. The average molecular weight is 482 g/mol. The van der Waals surface area contributed by atoms with Crippen LogP contribution in [0.15, 0.2) is 59.6 Å². The molecule has 2 saturated heterocycles. The van der Waals surface area contributed by atoms with Crippen LogP contribution < -0.4 is 0 Å². The highest BCUT2D eigenvalue weighted by molar-refractivity contribution is 7.89. The number of aryl methyl sites for hydroxylation is 1. The topological polar surface area (TPSA) is 70.6 Å². The number of hydrogen-bond donors (Lipinski definition) is 0. The fraction of sp³-hybridized carbons (Fsp3) is 0.385. The number of carbonyl (C=O) groups excluding carboxylic acids is 1. The van der Waals surface area contributed by atoms with Crippen molar-refractivity contribution in [2.24, 2.45) is 5.92 Å². The fourth-order valence-corrected chi connectivity index (χ4v) is 6.86. The van der Waals surface area contributed by atoms with Crippen LogP contribution in [0.3, 0.4) is 0 Å². The predicted molar refractivity (Wildman–Crippen MR) is 128 cm³/mol. The van der Waals surface area contributed by atoms with E-state index in [1.165, 1.54) is 16.4 Å². The molecule has 34 heavy (non-hydrogen) atoms. The van der Waals surface area contributed by atoms with Gasteiger partial charge < -0.3 is 4.90 Å². The van der Waals surface area contributed by atoms with Gasteiger partial charge in [0.25, 0.3) is 0 Å². The van der Waals surface area contributed by atoms with Gasteiger partial charge in [0.15, 0.2) is 0 Å². The summed E-state index contributed by atoms with van der Waals surface area (Å²) in [6.07, 6.45) is 4.43. The molecule has 178 valence electrons. The van der Waals surface area contributed by atoms with Crippen LogP contribution in [0.4, 0.5) is 4.39 Å². The second-order valence-corrected chi connectivity index (χ2v) is 11.2. The number of rotatable bonds is 4. The smallest absolute Gasteiger partial charge is 0.245 e. The van der Waals surface area contributed by atoms with E-state index in [1.54, 1.807) is 30.5 Å². The van der Waals surface area contributed by atoms with Gasteiger partial charge in [-0.25, -0.2) is 12.8 Å². The van der Waals surface area contributed by atoms with Crippen molar-refractivity contribution >= 4 is 26.8 Å². The van der Waals surface area contributed by atoms with Crippen LogP contribution in [0.2, 0.25) is 0 Å². The highest BCUT2D eigenvalue weighted by Gasteiger charge is 2.38. The minimum Gasteiger partial charge on any atom is -0.335 e. The van der Waals surface area contributed by atoms with E-state index < -0.39 is 10.0 Å². The van der Waals surface area contributed by atoms with Crippen molar-refractivity contribution in [3.05, 3.63) is 71.7 Å². The van der Waals surface area contributed by atoms with Crippen LogP contribution in [0, 0.1) is 18.7 Å². The number of amides is 1. The number of halogens is 1. The molecule has 1 amide bonds. The van der Waals surface area contributed by atoms with Gasteiger partial charge in [-0.2, -0.15) is 4.31 Å². The van der Waals surface area contributed by atoms with E-state index in [1.807, 2.05) is 24.0 Å². The molecule has 2 aromatic carbocycles. The summed E-state index contributed by atoms with van der Waals surface area (Å²) in [5.41, 5.74) is 2.40. The molecule has 0 radical (unpaired) electrons. The zero-order valence-electron chi connectivity index (χ0n) is 19.2. The Bertz CT molecular complexity index is 1320. The standard InChI is InChI=1S/C26H28FN3O3S/c1-18-16-21-4-2-6-24(25(21)28-17-18)34(32,33)29-14-11-20(12-15-29)26(31)30-13-3-5-23(30)19-7-9-22(27)10-8-19/h2,4,6-10,16-17,20,23H,3,5,11-15H2,1H3/t23-/m1/s1. The lowest BCUT2D eigenvalue weighted by Crippen LogP contribution is -2.44. The van der Waals surface area contributed by atoms with Gasteiger partial charge in [-0.05, 0) is 68.0 Å². The Balaban J connectivity index is 1.30. The molecular weight excluding hydrogens is 453 g/mol. The first-order valence-electron chi connectivity index (χ1n) is 11.8. The lowest BCUT2D eigenvalue weighted by Gasteiger charge is -2.34. The van der Waals surface area contributed by atoms with E-state index in [-0.39, 0.29) is 28.6 Å². The molecule has 0 unspecified atom stereocenters. The number of piperidine rings is 1. The molecule has 2 aliphatic rings. The van der Waals surface area contributed by atoms with Crippen molar-refractivity contribution in [1.29, 1.82) is 0 Å². The number of nitrogens with zero attached hydrogens (tertiary/aromatic N) is 3. The molecule has 1 aromatic heterocycles. The van der Waals surface area contributed by atoms with Crippen LogP contribution in [0.1, 0.15) is 42.9 Å². The number of likely N-dealkylation sites (tertiary alicyclic amines) is 1. The first-order valence-corrected chi connectivity index (χ1v) is 13.2. The van der Waals surface area contributed by atoms with Gasteiger partial charge in [-0.1, -0.05) is 24.3 Å². The summed E-state index contributed by atoms with van der Waals surface area (Å²) in [6, 6.07) is 13.5. The van der Waals surface area contributed by atoms with Gasteiger partial charge >= 0.3 is 0 Å². The Morgan fingerprint density at radius 3 is 2.50 bits per heavy atom. The number of benzene rings is 2. The predicted octanol–water partition coefficient (Wildman–Crippen LogP) is 4.45. The van der Waals surface area contributed by atoms with Crippen LogP contribution >= 0.6 is 0 Å². The first-order chi connectivity index (χ1) is 16.3. The van der Waals surface area contributed by atoms with Crippen LogP contribution in [0.5, 0.6) is 0 Å². The van der Waals surface area contributed by atoms with Crippen molar-refractivity contribution < 1.29 is 17.6 Å². The molecule has 0 bridgehead atoms. The maximum atomic E-state index is 13.4. The zero-order valence-corrected chi connectivity index (χ0v) is 20.0. The fourth-order valence-electron chi connectivity index (χ4n) is 5.23. The molecule has 0 spiro atoms. The number of sulfonamides is 1. The third-order valence-electron chi connectivity index (χ3n) is 7.02. The monoisotopic (exact) mass is 481 g/mol. The van der Waals surface area contributed by atoms with Gasteiger partial charge in [0.05, 0.1) is 11.6 Å². The lowest BCUT2D eigenvalue weighted by atomic mass is 9.95. The maximum Gasteiger partial charge on any atom is 0.245 e.